The van der Waals surface area contributed by atoms with Crippen molar-refractivity contribution < 1.29 is 0 Å². The summed E-state index contributed by atoms with van der Waals surface area (Å²) < 4.78 is 3.96. The zero-order chi connectivity index (χ0) is 18.8. The average molecular weight is 368 g/mol. The van der Waals surface area contributed by atoms with Gasteiger partial charge in [0.1, 0.15) is 5.82 Å². The lowest BCUT2D eigenvalue weighted by atomic mass is 9.95. The van der Waals surface area contributed by atoms with E-state index < -0.39 is 0 Å². The number of hydrogen-bond acceptors (Lipinski definition) is 4. The van der Waals surface area contributed by atoms with E-state index in [2.05, 4.69) is 51.8 Å². The summed E-state index contributed by atoms with van der Waals surface area (Å²) in [6.07, 6.45) is 10.8. The molecule has 0 aliphatic carbocycles. The van der Waals surface area contributed by atoms with Crippen molar-refractivity contribution in [3.05, 3.63) is 96.9 Å². The molecule has 5 rings (SSSR count). The molecule has 1 aliphatic heterocycles. The summed E-state index contributed by atoms with van der Waals surface area (Å²) in [6, 6.07) is 18.6. The Kier molecular flexibility index (Phi) is 4.21. The molecule has 6 nitrogen and oxygen atoms in total. The summed E-state index contributed by atoms with van der Waals surface area (Å²) in [4.78, 5) is 8.91. The van der Waals surface area contributed by atoms with E-state index in [0.717, 1.165) is 30.2 Å². The second-order valence-corrected chi connectivity index (χ2v) is 6.79. The average Bonchev–Trinajstić information content (AvgIpc) is 3.36. The highest BCUT2D eigenvalue weighted by Crippen LogP contribution is 2.30. The second-order valence-electron chi connectivity index (χ2n) is 6.79. The Hall–Kier alpha value is -3.67. The summed E-state index contributed by atoms with van der Waals surface area (Å²) in [5.41, 5.74) is 3.28. The number of nitrogens with zero attached hydrogens (tertiary/aromatic N) is 5. The maximum absolute atomic E-state index is 4.82. The SMILES string of the molecule is C1=CCn2nc(Nc3ccc(-n4ccnc4)cc3)nc2C(c2ccccc2)C1. The summed E-state index contributed by atoms with van der Waals surface area (Å²) in [5.74, 6) is 1.84. The van der Waals surface area contributed by atoms with Crippen LogP contribution in [0.1, 0.15) is 23.7 Å². The third kappa shape index (κ3) is 3.20. The number of imidazole rings is 1. The summed E-state index contributed by atoms with van der Waals surface area (Å²) in [7, 11) is 0. The molecule has 0 bridgehead atoms. The van der Waals surface area contributed by atoms with E-state index in [9.17, 15) is 0 Å². The van der Waals surface area contributed by atoms with Crippen LogP contribution in [0.3, 0.4) is 0 Å². The van der Waals surface area contributed by atoms with Crippen LogP contribution in [0.2, 0.25) is 0 Å². The molecule has 0 fully saturated rings. The Bertz CT molecular complexity index is 1080. The third-order valence-electron chi connectivity index (χ3n) is 4.96. The van der Waals surface area contributed by atoms with Crippen molar-refractivity contribution in [2.45, 2.75) is 18.9 Å². The molecular weight excluding hydrogens is 348 g/mol. The van der Waals surface area contributed by atoms with Gasteiger partial charge in [-0.05, 0) is 36.2 Å². The van der Waals surface area contributed by atoms with Crippen molar-refractivity contribution in [3.63, 3.8) is 0 Å². The van der Waals surface area contributed by atoms with Gasteiger partial charge in [0.05, 0.1) is 12.9 Å². The van der Waals surface area contributed by atoms with Gasteiger partial charge in [0.25, 0.3) is 0 Å². The van der Waals surface area contributed by atoms with E-state index in [4.69, 9.17) is 4.98 Å². The lowest BCUT2D eigenvalue weighted by Gasteiger charge is -2.13. The minimum atomic E-state index is 0.214. The van der Waals surface area contributed by atoms with Crippen molar-refractivity contribution in [1.82, 2.24) is 24.3 Å². The number of hydrogen-bond donors (Lipinski definition) is 1. The molecule has 0 amide bonds. The van der Waals surface area contributed by atoms with Gasteiger partial charge in [-0.25, -0.2) is 9.67 Å². The molecule has 0 saturated heterocycles. The van der Waals surface area contributed by atoms with Crippen molar-refractivity contribution in [2.24, 2.45) is 0 Å². The molecule has 1 unspecified atom stereocenters. The predicted molar refractivity (Wildman–Crippen MR) is 109 cm³/mol. The normalized spacial score (nSPS) is 15.8. The maximum Gasteiger partial charge on any atom is 0.246 e. The molecule has 1 N–H and O–H groups in total. The number of nitrogens with one attached hydrogen (secondary N) is 1. The molecule has 3 heterocycles. The van der Waals surface area contributed by atoms with Gasteiger partial charge in [0.15, 0.2) is 0 Å². The van der Waals surface area contributed by atoms with Crippen molar-refractivity contribution in [1.29, 1.82) is 0 Å². The van der Waals surface area contributed by atoms with E-state index >= 15 is 0 Å². The van der Waals surface area contributed by atoms with Crippen LogP contribution in [0.5, 0.6) is 0 Å². The predicted octanol–water partition coefficient (Wildman–Crippen LogP) is 4.30. The molecule has 0 spiro atoms. The first-order valence-corrected chi connectivity index (χ1v) is 9.37. The maximum atomic E-state index is 4.82. The third-order valence-corrected chi connectivity index (χ3v) is 4.96. The fourth-order valence-electron chi connectivity index (χ4n) is 3.54. The minimum absolute atomic E-state index is 0.214. The molecule has 1 aliphatic rings. The summed E-state index contributed by atoms with van der Waals surface area (Å²) in [5, 5.41) is 8.02. The van der Waals surface area contributed by atoms with E-state index in [1.54, 1.807) is 12.5 Å². The lowest BCUT2D eigenvalue weighted by Crippen LogP contribution is -2.08. The number of fused-ring (bicyclic) bond motifs is 1. The number of anilines is 2. The molecule has 4 aromatic rings. The van der Waals surface area contributed by atoms with Gasteiger partial charge < -0.3 is 9.88 Å². The first kappa shape index (κ1) is 16.5. The molecule has 2 aromatic carbocycles. The Balaban J connectivity index is 1.41. The Morgan fingerprint density at radius 1 is 0.964 bits per heavy atom. The van der Waals surface area contributed by atoms with Crippen LogP contribution in [0.4, 0.5) is 11.6 Å². The van der Waals surface area contributed by atoms with Crippen LogP contribution in [-0.4, -0.2) is 24.3 Å². The highest BCUT2D eigenvalue weighted by Gasteiger charge is 2.22. The van der Waals surface area contributed by atoms with Crippen LogP contribution in [0.15, 0.2) is 85.5 Å². The topological polar surface area (TPSA) is 60.6 Å². The van der Waals surface area contributed by atoms with Crippen LogP contribution >= 0.6 is 0 Å². The van der Waals surface area contributed by atoms with Gasteiger partial charge in [0.2, 0.25) is 5.95 Å². The lowest BCUT2D eigenvalue weighted by molar-refractivity contribution is 0.630. The molecule has 1 atom stereocenters. The van der Waals surface area contributed by atoms with Gasteiger partial charge in [-0.2, -0.15) is 4.98 Å². The van der Waals surface area contributed by atoms with Crippen molar-refractivity contribution in [2.75, 3.05) is 5.32 Å². The number of benzene rings is 2. The largest absolute Gasteiger partial charge is 0.323 e. The Labute approximate surface area is 163 Å². The zero-order valence-electron chi connectivity index (χ0n) is 15.3. The first-order valence-electron chi connectivity index (χ1n) is 9.37. The van der Waals surface area contributed by atoms with Gasteiger partial charge in [-0.15, -0.1) is 5.10 Å². The molecule has 6 heteroatoms. The fraction of sp³-hybridized carbons (Fsp3) is 0.136. The highest BCUT2D eigenvalue weighted by atomic mass is 15.4. The standard InChI is InChI=1S/C22H20N6/c1-2-6-17(7-3-1)20-8-4-5-14-28-21(20)25-22(26-28)24-18-9-11-19(12-10-18)27-15-13-23-16-27/h1-7,9-13,15-16,20H,8,14H2,(H,24,26). The van der Waals surface area contributed by atoms with Gasteiger partial charge in [0, 0.05) is 29.7 Å². The Morgan fingerprint density at radius 2 is 1.82 bits per heavy atom. The first-order chi connectivity index (χ1) is 13.9. The number of rotatable bonds is 4. The molecule has 2 aromatic heterocycles. The summed E-state index contributed by atoms with van der Waals surface area (Å²) >= 11 is 0. The molecule has 138 valence electrons. The number of aromatic nitrogens is 5. The monoisotopic (exact) mass is 368 g/mol. The minimum Gasteiger partial charge on any atom is -0.323 e. The van der Waals surface area contributed by atoms with Crippen molar-refractivity contribution >= 4 is 11.6 Å². The molecule has 28 heavy (non-hydrogen) atoms. The van der Waals surface area contributed by atoms with Crippen molar-refractivity contribution in [3.8, 4) is 5.69 Å². The van der Waals surface area contributed by atoms with E-state index in [1.807, 2.05) is 45.8 Å². The number of allylic oxidation sites excluding steroid dienone is 2. The second kappa shape index (κ2) is 7.15. The quantitative estimate of drug-likeness (QED) is 0.546. The molecule has 0 radical (unpaired) electrons. The van der Waals surface area contributed by atoms with Gasteiger partial charge >= 0.3 is 0 Å². The van der Waals surface area contributed by atoms with E-state index in [0.29, 0.717) is 5.95 Å². The van der Waals surface area contributed by atoms with E-state index in [1.165, 1.54) is 5.56 Å². The molecule has 0 saturated carbocycles. The van der Waals surface area contributed by atoms with Crippen LogP contribution in [0, 0.1) is 0 Å². The zero-order valence-corrected chi connectivity index (χ0v) is 15.3. The highest BCUT2D eigenvalue weighted by molar-refractivity contribution is 5.55. The van der Waals surface area contributed by atoms with E-state index in [-0.39, 0.29) is 5.92 Å². The van der Waals surface area contributed by atoms with Gasteiger partial charge in [-0.1, -0.05) is 42.5 Å². The smallest absolute Gasteiger partial charge is 0.246 e. The Morgan fingerprint density at radius 3 is 2.61 bits per heavy atom. The van der Waals surface area contributed by atoms with Crippen LogP contribution in [0.25, 0.3) is 5.69 Å². The summed E-state index contributed by atoms with van der Waals surface area (Å²) in [6.45, 7) is 0.743. The molecular formula is C22H20N6. The van der Waals surface area contributed by atoms with Crippen LogP contribution in [-0.2, 0) is 6.54 Å². The van der Waals surface area contributed by atoms with Crippen LogP contribution < -0.4 is 5.32 Å². The van der Waals surface area contributed by atoms with Gasteiger partial charge in [-0.3, -0.25) is 0 Å². The fourth-order valence-corrected chi connectivity index (χ4v) is 3.54.